The van der Waals surface area contributed by atoms with E-state index in [1.807, 2.05) is 18.3 Å². The largest absolute Gasteiger partial charge is 0.379 e. The van der Waals surface area contributed by atoms with Gasteiger partial charge in [0.2, 0.25) is 0 Å². The Kier molecular flexibility index (Phi) is 7.01. The van der Waals surface area contributed by atoms with E-state index in [9.17, 15) is 0 Å². The topological polar surface area (TPSA) is 45.6 Å². The third-order valence-corrected chi connectivity index (χ3v) is 7.66. The minimum absolute atomic E-state index is 0.00477. The van der Waals surface area contributed by atoms with Gasteiger partial charge in [0.25, 0.3) is 0 Å². The van der Waals surface area contributed by atoms with Crippen LogP contribution in [-0.2, 0) is 4.74 Å². The molecule has 178 valence electrons. The predicted molar refractivity (Wildman–Crippen MR) is 142 cm³/mol. The van der Waals surface area contributed by atoms with Crippen molar-refractivity contribution in [2.45, 2.75) is 25.9 Å². The van der Waals surface area contributed by atoms with Crippen molar-refractivity contribution in [2.75, 3.05) is 39.4 Å². The number of ether oxygens (including phenoxy) is 1. The van der Waals surface area contributed by atoms with Gasteiger partial charge in [-0.15, -0.1) is 0 Å². The van der Waals surface area contributed by atoms with E-state index in [-0.39, 0.29) is 12.1 Å². The van der Waals surface area contributed by atoms with E-state index in [4.69, 9.17) is 21.9 Å². The van der Waals surface area contributed by atoms with Crippen LogP contribution in [0, 0.1) is 13.8 Å². The second-order valence-electron chi connectivity index (χ2n) is 8.92. The second-order valence-corrected chi connectivity index (χ2v) is 10.2. The molecule has 1 N–H and O–H groups in total. The molecule has 0 radical (unpaired) electrons. The van der Waals surface area contributed by atoms with Gasteiger partial charge in [0.05, 0.1) is 31.0 Å². The number of aromatic nitrogens is 2. The molecule has 3 aromatic rings. The molecular weight excluding hydrogens is 510 g/mol. The summed E-state index contributed by atoms with van der Waals surface area (Å²) in [5, 5.41) is 4.39. The average Bonchev–Trinajstić information content (AvgIpc) is 3.33. The molecule has 4 heterocycles. The van der Waals surface area contributed by atoms with Crippen LogP contribution in [0.15, 0.2) is 59.2 Å². The first-order valence-electron chi connectivity index (χ1n) is 11.8. The molecule has 5 rings (SSSR count). The summed E-state index contributed by atoms with van der Waals surface area (Å²) in [7, 11) is 0. The van der Waals surface area contributed by atoms with Gasteiger partial charge in [-0.1, -0.05) is 28.1 Å². The first kappa shape index (κ1) is 23.5. The van der Waals surface area contributed by atoms with Gasteiger partial charge in [-0.3, -0.25) is 9.88 Å². The van der Waals surface area contributed by atoms with Crippen molar-refractivity contribution in [2.24, 2.45) is 0 Å². The molecule has 2 aliphatic rings. The number of pyridine rings is 1. The van der Waals surface area contributed by atoms with Crippen LogP contribution in [-0.4, -0.2) is 63.9 Å². The number of hydrogen-bond acceptors (Lipinski definition) is 4. The van der Waals surface area contributed by atoms with Crippen LogP contribution in [0.25, 0.3) is 5.69 Å². The van der Waals surface area contributed by atoms with Crippen molar-refractivity contribution in [3.05, 3.63) is 81.8 Å². The molecule has 0 amide bonds. The number of aryl methyl sites for hydroxylation is 1. The van der Waals surface area contributed by atoms with Crippen molar-refractivity contribution in [1.29, 1.82) is 0 Å². The van der Waals surface area contributed by atoms with E-state index in [1.54, 1.807) is 0 Å². The van der Waals surface area contributed by atoms with Crippen LogP contribution in [0.5, 0.6) is 0 Å². The number of halogens is 1. The minimum Gasteiger partial charge on any atom is -0.379 e. The maximum atomic E-state index is 5.89. The fraction of sp³-hybridized carbons (Fsp3) is 0.385. The normalized spacial score (nSPS) is 21.1. The van der Waals surface area contributed by atoms with Gasteiger partial charge in [-0.25, -0.2) is 0 Å². The highest BCUT2D eigenvalue weighted by molar-refractivity contribution is 9.10. The molecule has 0 saturated carbocycles. The SMILES string of the molecule is Cc1cc([C@H]2[C@H](c3ccccn3)NC(=S)N2CCN2CCOCC2)c(C)n1-c1cccc(Br)c1. The molecule has 2 aliphatic heterocycles. The zero-order valence-electron chi connectivity index (χ0n) is 19.6. The molecule has 8 heteroatoms. The Labute approximate surface area is 215 Å². The van der Waals surface area contributed by atoms with Crippen LogP contribution in [0.1, 0.15) is 34.7 Å². The summed E-state index contributed by atoms with van der Waals surface area (Å²) >= 11 is 9.51. The Morgan fingerprint density at radius 3 is 2.65 bits per heavy atom. The van der Waals surface area contributed by atoms with Gasteiger partial charge in [-0.2, -0.15) is 0 Å². The number of rotatable bonds is 6. The number of benzene rings is 1. The Bertz CT molecular complexity index is 1160. The molecule has 1 aromatic carbocycles. The summed E-state index contributed by atoms with van der Waals surface area (Å²) in [5.41, 5.74) is 5.87. The molecule has 34 heavy (non-hydrogen) atoms. The standard InChI is InChI=1S/C26H30BrN5OS/c1-18-16-22(19(2)32(18)21-7-5-6-20(27)17-21)25-24(23-8-3-4-9-28-23)29-26(34)31(25)11-10-30-12-14-33-15-13-30/h3-9,16-17,24-25H,10-15H2,1-2H3,(H,29,34)/t24-,25-/m0/s1. The maximum absolute atomic E-state index is 5.89. The monoisotopic (exact) mass is 539 g/mol. The Balaban J connectivity index is 1.52. The zero-order chi connectivity index (χ0) is 23.7. The van der Waals surface area contributed by atoms with Gasteiger partial charge in [0, 0.05) is 53.9 Å². The highest BCUT2D eigenvalue weighted by Gasteiger charge is 2.41. The van der Waals surface area contributed by atoms with Crippen LogP contribution < -0.4 is 5.32 Å². The molecule has 0 aliphatic carbocycles. The number of hydrogen-bond donors (Lipinski definition) is 1. The molecule has 0 bridgehead atoms. The minimum atomic E-state index is -0.00477. The van der Waals surface area contributed by atoms with Gasteiger partial charge in [-0.05, 0) is 68.0 Å². The lowest BCUT2D eigenvalue weighted by Crippen LogP contribution is -2.42. The van der Waals surface area contributed by atoms with Crippen molar-refractivity contribution in [3.63, 3.8) is 0 Å². The predicted octanol–water partition coefficient (Wildman–Crippen LogP) is 4.56. The van der Waals surface area contributed by atoms with Gasteiger partial charge >= 0.3 is 0 Å². The lowest BCUT2D eigenvalue weighted by atomic mass is 9.96. The summed E-state index contributed by atoms with van der Waals surface area (Å²) in [5.74, 6) is 0. The van der Waals surface area contributed by atoms with Crippen LogP contribution in [0.4, 0.5) is 0 Å². The van der Waals surface area contributed by atoms with E-state index in [2.05, 4.69) is 85.9 Å². The van der Waals surface area contributed by atoms with Crippen LogP contribution >= 0.6 is 28.1 Å². The van der Waals surface area contributed by atoms with E-state index >= 15 is 0 Å². The van der Waals surface area contributed by atoms with Crippen molar-refractivity contribution in [1.82, 2.24) is 24.7 Å². The van der Waals surface area contributed by atoms with Crippen molar-refractivity contribution >= 4 is 33.3 Å². The quantitative estimate of drug-likeness (QED) is 0.463. The second kappa shape index (κ2) is 10.2. The molecule has 6 nitrogen and oxygen atoms in total. The Morgan fingerprint density at radius 1 is 1.09 bits per heavy atom. The summed E-state index contributed by atoms with van der Waals surface area (Å²) < 4.78 is 8.93. The molecule has 2 saturated heterocycles. The lowest BCUT2D eigenvalue weighted by Gasteiger charge is -2.32. The average molecular weight is 541 g/mol. The molecule has 0 spiro atoms. The van der Waals surface area contributed by atoms with E-state index in [0.717, 1.165) is 60.4 Å². The third kappa shape index (κ3) is 4.64. The summed E-state index contributed by atoms with van der Waals surface area (Å²) in [4.78, 5) is 9.51. The lowest BCUT2D eigenvalue weighted by molar-refractivity contribution is 0.0350. The van der Waals surface area contributed by atoms with Crippen LogP contribution in [0.2, 0.25) is 0 Å². The molecule has 2 fully saturated rings. The maximum Gasteiger partial charge on any atom is 0.170 e. The number of nitrogens with one attached hydrogen (secondary N) is 1. The Hall–Kier alpha value is -2.26. The van der Waals surface area contributed by atoms with Gasteiger partial charge < -0.3 is 19.5 Å². The Morgan fingerprint density at radius 2 is 1.91 bits per heavy atom. The summed E-state index contributed by atoms with van der Waals surface area (Å²) in [6.45, 7) is 9.75. The van der Waals surface area contributed by atoms with Crippen LogP contribution in [0.3, 0.4) is 0 Å². The highest BCUT2D eigenvalue weighted by Crippen LogP contribution is 2.41. The molecule has 0 unspecified atom stereocenters. The summed E-state index contributed by atoms with van der Waals surface area (Å²) in [6, 6.07) is 16.9. The molecular formula is C26H30BrN5OS. The van der Waals surface area contributed by atoms with Gasteiger partial charge in [0.1, 0.15) is 0 Å². The van der Waals surface area contributed by atoms with Gasteiger partial charge in [0.15, 0.2) is 5.11 Å². The van der Waals surface area contributed by atoms with E-state index < -0.39 is 0 Å². The summed E-state index contributed by atoms with van der Waals surface area (Å²) in [6.07, 6.45) is 1.86. The fourth-order valence-corrected chi connectivity index (χ4v) is 5.88. The first-order valence-corrected chi connectivity index (χ1v) is 13.0. The molecule has 2 atom stereocenters. The van der Waals surface area contributed by atoms with Crippen molar-refractivity contribution in [3.8, 4) is 5.69 Å². The first-order chi connectivity index (χ1) is 16.5. The number of thiocarbonyl (C=S) groups is 1. The van der Waals surface area contributed by atoms with E-state index in [0.29, 0.717) is 0 Å². The highest BCUT2D eigenvalue weighted by atomic mass is 79.9. The smallest absolute Gasteiger partial charge is 0.170 e. The zero-order valence-corrected chi connectivity index (χ0v) is 22.0. The van der Waals surface area contributed by atoms with Crippen molar-refractivity contribution < 1.29 is 4.74 Å². The number of nitrogens with zero attached hydrogens (tertiary/aromatic N) is 4. The fourth-order valence-electron chi connectivity index (χ4n) is 5.16. The number of morpholine rings is 1. The molecule has 2 aromatic heterocycles. The van der Waals surface area contributed by atoms with E-state index in [1.165, 1.54) is 17.0 Å². The third-order valence-electron chi connectivity index (χ3n) is 6.81.